The van der Waals surface area contributed by atoms with E-state index in [0.717, 1.165) is 11.3 Å². The molecule has 1 unspecified atom stereocenters. The first-order chi connectivity index (χ1) is 8.70. The molecule has 0 saturated carbocycles. The van der Waals surface area contributed by atoms with Gasteiger partial charge in [-0.1, -0.05) is 12.1 Å². The van der Waals surface area contributed by atoms with Crippen LogP contribution < -0.4 is 11.1 Å². The second-order valence-electron chi connectivity index (χ2n) is 3.92. The van der Waals surface area contributed by atoms with E-state index in [-0.39, 0.29) is 18.5 Å². The molecule has 0 fully saturated rings. The summed E-state index contributed by atoms with van der Waals surface area (Å²) in [6.07, 6.45) is 3.12. The highest BCUT2D eigenvalue weighted by Gasteiger charge is 2.08. The van der Waals surface area contributed by atoms with E-state index in [9.17, 15) is 4.79 Å². The Kier molecular flexibility index (Phi) is 3.69. The lowest BCUT2D eigenvalue weighted by Crippen LogP contribution is -2.32. The van der Waals surface area contributed by atoms with Crippen LogP contribution >= 0.6 is 0 Å². The van der Waals surface area contributed by atoms with Crippen molar-refractivity contribution in [3.63, 3.8) is 0 Å². The molecule has 1 amide bonds. The van der Waals surface area contributed by atoms with Crippen molar-refractivity contribution in [3.8, 4) is 5.69 Å². The molecule has 1 atom stereocenters. The van der Waals surface area contributed by atoms with Crippen LogP contribution in [-0.4, -0.2) is 27.2 Å². The first-order valence-electron chi connectivity index (χ1n) is 5.65. The number of amides is 1. The molecule has 0 aliphatic heterocycles. The van der Waals surface area contributed by atoms with Crippen molar-refractivity contribution in [1.29, 1.82) is 0 Å². The second-order valence-corrected chi connectivity index (χ2v) is 3.92. The lowest BCUT2D eigenvalue weighted by molar-refractivity contribution is -0.120. The molecule has 3 N–H and O–H groups in total. The van der Waals surface area contributed by atoms with Crippen molar-refractivity contribution in [3.05, 3.63) is 42.5 Å². The SMILES string of the molecule is CC(NC(=O)CN)c1ccc(-n2cncn2)cc1. The van der Waals surface area contributed by atoms with Gasteiger partial charge < -0.3 is 11.1 Å². The van der Waals surface area contributed by atoms with E-state index in [1.165, 1.54) is 6.33 Å². The molecule has 0 bridgehead atoms. The number of benzene rings is 1. The lowest BCUT2D eigenvalue weighted by atomic mass is 10.1. The topological polar surface area (TPSA) is 85.8 Å². The van der Waals surface area contributed by atoms with Crippen molar-refractivity contribution in [1.82, 2.24) is 20.1 Å². The van der Waals surface area contributed by atoms with Gasteiger partial charge in [-0.2, -0.15) is 5.10 Å². The summed E-state index contributed by atoms with van der Waals surface area (Å²) >= 11 is 0. The molecule has 2 aromatic rings. The summed E-state index contributed by atoms with van der Waals surface area (Å²) in [4.78, 5) is 15.1. The van der Waals surface area contributed by atoms with Gasteiger partial charge in [-0.15, -0.1) is 0 Å². The average Bonchev–Trinajstić information content (AvgIpc) is 2.92. The van der Waals surface area contributed by atoms with Crippen LogP contribution in [0.5, 0.6) is 0 Å². The molecule has 18 heavy (non-hydrogen) atoms. The fraction of sp³-hybridized carbons (Fsp3) is 0.250. The maximum atomic E-state index is 11.2. The van der Waals surface area contributed by atoms with Gasteiger partial charge in [-0.3, -0.25) is 4.79 Å². The van der Waals surface area contributed by atoms with Gasteiger partial charge in [0.15, 0.2) is 0 Å². The molecule has 0 aliphatic carbocycles. The van der Waals surface area contributed by atoms with Crippen LogP contribution in [0.4, 0.5) is 0 Å². The molecule has 2 rings (SSSR count). The van der Waals surface area contributed by atoms with Gasteiger partial charge in [0.2, 0.25) is 5.91 Å². The highest BCUT2D eigenvalue weighted by Crippen LogP contribution is 2.14. The molecular formula is C12H15N5O. The summed E-state index contributed by atoms with van der Waals surface area (Å²) in [6.45, 7) is 1.92. The number of hydrogen-bond acceptors (Lipinski definition) is 4. The van der Waals surface area contributed by atoms with Gasteiger partial charge in [0.25, 0.3) is 0 Å². The van der Waals surface area contributed by atoms with Crippen LogP contribution in [0.25, 0.3) is 5.69 Å². The number of hydrogen-bond donors (Lipinski definition) is 2. The monoisotopic (exact) mass is 245 g/mol. The Bertz CT molecular complexity index is 506. The van der Waals surface area contributed by atoms with Crippen LogP contribution in [0.3, 0.4) is 0 Å². The van der Waals surface area contributed by atoms with E-state index in [1.807, 2.05) is 31.2 Å². The van der Waals surface area contributed by atoms with Gasteiger partial charge in [0.05, 0.1) is 18.3 Å². The Morgan fingerprint density at radius 1 is 1.44 bits per heavy atom. The number of carbonyl (C=O) groups is 1. The van der Waals surface area contributed by atoms with E-state index in [1.54, 1.807) is 11.0 Å². The van der Waals surface area contributed by atoms with Gasteiger partial charge >= 0.3 is 0 Å². The molecule has 94 valence electrons. The predicted octanol–water partition coefficient (Wildman–Crippen LogP) is 0.403. The fourth-order valence-electron chi connectivity index (χ4n) is 1.64. The van der Waals surface area contributed by atoms with Crippen molar-refractivity contribution in [2.45, 2.75) is 13.0 Å². The number of carbonyl (C=O) groups excluding carboxylic acids is 1. The van der Waals surface area contributed by atoms with Gasteiger partial charge in [-0.25, -0.2) is 9.67 Å². The van der Waals surface area contributed by atoms with E-state index in [0.29, 0.717) is 0 Å². The number of nitrogens with zero attached hydrogens (tertiary/aromatic N) is 3. The Hall–Kier alpha value is -2.21. The summed E-state index contributed by atoms with van der Waals surface area (Å²) in [5, 5.41) is 6.84. The third-order valence-corrected chi connectivity index (χ3v) is 2.64. The molecule has 6 nitrogen and oxygen atoms in total. The Morgan fingerprint density at radius 2 is 2.17 bits per heavy atom. The number of nitrogens with two attached hydrogens (primary N) is 1. The first kappa shape index (κ1) is 12.3. The number of aromatic nitrogens is 3. The fourth-order valence-corrected chi connectivity index (χ4v) is 1.64. The molecular weight excluding hydrogens is 230 g/mol. The van der Waals surface area contributed by atoms with Gasteiger partial charge in [-0.05, 0) is 24.6 Å². The lowest BCUT2D eigenvalue weighted by Gasteiger charge is -2.14. The minimum absolute atomic E-state index is 0.00137. The minimum Gasteiger partial charge on any atom is -0.348 e. The molecule has 0 aliphatic rings. The zero-order valence-electron chi connectivity index (χ0n) is 10.1. The Labute approximate surface area is 105 Å². The van der Waals surface area contributed by atoms with Crippen molar-refractivity contribution in [2.24, 2.45) is 5.73 Å². The highest BCUT2D eigenvalue weighted by atomic mass is 16.1. The van der Waals surface area contributed by atoms with E-state index in [2.05, 4.69) is 15.4 Å². The predicted molar refractivity (Wildman–Crippen MR) is 67.0 cm³/mol. The summed E-state index contributed by atoms with van der Waals surface area (Å²) < 4.78 is 1.67. The molecule has 1 aromatic carbocycles. The third kappa shape index (κ3) is 2.72. The molecule has 6 heteroatoms. The normalized spacial score (nSPS) is 12.1. The highest BCUT2D eigenvalue weighted by molar-refractivity contribution is 5.78. The minimum atomic E-state index is -0.164. The Balaban J connectivity index is 2.10. The smallest absolute Gasteiger partial charge is 0.234 e. The summed E-state index contributed by atoms with van der Waals surface area (Å²) in [7, 11) is 0. The maximum absolute atomic E-state index is 11.2. The number of nitrogens with one attached hydrogen (secondary N) is 1. The largest absolute Gasteiger partial charge is 0.348 e. The van der Waals surface area contributed by atoms with E-state index in [4.69, 9.17) is 5.73 Å². The Morgan fingerprint density at radius 3 is 2.72 bits per heavy atom. The summed E-state index contributed by atoms with van der Waals surface area (Å²) in [6, 6.07) is 7.67. The zero-order chi connectivity index (χ0) is 13.0. The zero-order valence-corrected chi connectivity index (χ0v) is 10.1. The molecule has 1 heterocycles. The summed E-state index contributed by atoms with van der Waals surface area (Å²) in [5.74, 6) is -0.164. The maximum Gasteiger partial charge on any atom is 0.234 e. The molecule has 0 saturated heterocycles. The van der Waals surface area contributed by atoms with E-state index < -0.39 is 0 Å². The van der Waals surface area contributed by atoms with Crippen molar-refractivity contribution in [2.75, 3.05) is 6.54 Å². The average molecular weight is 245 g/mol. The molecule has 0 radical (unpaired) electrons. The van der Waals surface area contributed by atoms with Crippen molar-refractivity contribution < 1.29 is 4.79 Å². The van der Waals surface area contributed by atoms with Crippen molar-refractivity contribution >= 4 is 5.91 Å². The standard InChI is InChI=1S/C12H15N5O/c1-9(16-12(18)6-13)10-2-4-11(5-3-10)17-8-14-7-15-17/h2-5,7-9H,6,13H2,1H3,(H,16,18). The molecule has 1 aromatic heterocycles. The van der Waals surface area contributed by atoms with Crippen LogP contribution in [0, 0.1) is 0 Å². The second kappa shape index (κ2) is 5.42. The van der Waals surface area contributed by atoms with E-state index >= 15 is 0 Å². The third-order valence-electron chi connectivity index (χ3n) is 2.64. The first-order valence-corrected chi connectivity index (χ1v) is 5.65. The van der Waals surface area contributed by atoms with Gasteiger partial charge in [0.1, 0.15) is 12.7 Å². The van der Waals surface area contributed by atoms with Crippen LogP contribution in [0.2, 0.25) is 0 Å². The van der Waals surface area contributed by atoms with Crippen LogP contribution in [-0.2, 0) is 4.79 Å². The van der Waals surface area contributed by atoms with Crippen LogP contribution in [0.1, 0.15) is 18.5 Å². The van der Waals surface area contributed by atoms with Crippen LogP contribution in [0.15, 0.2) is 36.9 Å². The number of rotatable bonds is 4. The molecule has 0 spiro atoms. The summed E-state index contributed by atoms with van der Waals surface area (Å²) in [5.41, 5.74) is 7.20. The van der Waals surface area contributed by atoms with Gasteiger partial charge in [0, 0.05) is 0 Å². The quantitative estimate of drug-likeness (QED) is 0.816.